The number of esters is 1. The van der Waals surface area contributed by atoms with Crippen LogP contribution in [0.25, 0.3) is 0 Å². The smallest absolute Gasteiger partial charge is 0.336 e. The molecule has 1 aromatic rings. The number of phenols is 1. The summed E-state index contributed by atoms with van der Waals surface area (Å²) in [6, 6.07) is 1.46. The Labute approximate surface area is 91.0 Å². The number of hydrogen-bond donors (Lipinski definition) is 1. The molecule has 0 heterocycles. The molecule has 0 aliphatic carbocycles. The van der Waals surface area contributed by atoms with Crippen LogP contribution in [-0.2, 0) is 4.79 Å². The SMILES string of the molecule is CC(C)=CC(=O)Oc1cc(F)c(O)c(F)c1. The summed E-state index contributed by atoms with van der Waals surface area (Å²) < 4.78 is 30.3. The molecule has 0 unspecified atom stereocenters. The summed E-state index contributed by atoms with van der Waals surface area (Å²) in [6.45, 7) is 3.36. The Morgan fingerprint density at radius 3 is 2.25 bits per heavy atom. The Morgan fingerprint density at radius 2 is 1.81 bits per heavy atom. The van der Waals surface area contributed by atoms with Crippen molar-refractivity contribution >= 4 is 5.97 Å². The number of halogens is 2. The molecule has 86 valence electrons. The molecule has 1 aromatic carbocycles. The lowest BCUT2D eigenvalue weighted by atomic mass is 10.3. The van der Waals surface area contributed by atoms with Crippen LogP contribution in [0, 0.1) is 11.6 Å². The van der Waals surface area contributed by atoms with Crippen LogP contribution in [-0.4, -0.2) is 11.1 Å². The fourth-order valence-electron chi connectivity index (χ4n) is 0.983. The lowest BCUT2D eigenvalue weighted by molar-refractivity contribution is -0.129. The van der Waals surface area contributed by atoms with Gasteiger partial charge < -0.3 is 9.84 Å². The monoisotopic (exact) mass is 228 g/mol. The average molecular weight is 228 g/mol. The third-order valence-electron chi connectivity index (χ3n) is 1.62. The van der Waals surface area contributed by atoms with Gasteiger partial charge in [0.25, 0.3) is 0 Å². The van der Waals surface area contributed by atoms with Gasteiger partial charge in [-0.3, -0.25) is 0 Å². The molecule has 0 bridgehead atoms. The van der Waals surface area contributed by atoms with Crippen LogP contribution < -0.4 is 4.74 Å². The molecule has 16 heavy (non-hydrogen) atoms. The molecular weight excluding hydrogens is 218 g/mol. The standard InChI is InChI=1S/C11H10F2O3/c1-6(2)3-10(14)16-7-4-8(12)11(15)9(13)5-7/h3-5,15H,1-2H3. The zero-order valence-electron chi connectivity index (χ0n) is 8.75. The van der Waals surface area contributed by atoms with Gasteiger partial charge in [-0.1, -0.05) is 5.57 Å². The molecule has 0 spiro atoms. The molecule has 0 atom stereocenters. The maximum Gasteiger partial charge on any atom is 0.336 e. The largest absolute Gasteiger partial charge is 0.503 e. The summed E-state index contributed by atoms with van der Waals surface area (Å²) in [4.78, 5) is 11.1. The van der Waals surface area contributed by atoms with E-state index in [1.54, 1.807) is 13.8 Å². The highest BCUT2D eigenvalue weighted by molar-refractivity contribution is 5.84. The number of ether oxygens (including phenoxy) is 1. The Hall–Kier alpha value is -1.91. The average Bonchev–Trinajstić information content (AvgIpc) is 2.12. The van der Waals surface area contributed by atoms with Gasteiger partial charge in [0.05, 0.1) is 0 Å². The van der Waals surface area contributed by atoms with E-state index in [-0.39, 0.29) is 5.75 Å². The summed E-state index contributed by atoms with van der Waals surface area (Å²) in [5.41, 5.74) is 0.699. The summed E-state index contributed by atoms with van der Waals surface area (Å²) >= 11 is 0. The van der Waals surface area contributed by atoms with E-state index in [0.717, 1.165) is 12.1 Å². The van der Waals surface area contributed by atoms with Crippen LogP contribution in [0.4, 0.5) is 8.78 Å². The molecule has 1 rings (SSSR count). The zero-order valence-corrected chi connectivity index (χ0v) is 8.75. The van der Waals surface area contributed by atoms with Crippen LogP contribution >= 0.6 is 0 Å². The number of aromatic hydroxyl groups is 1. The van der Waals surface area contributed by atoms with E-state index < -0.39 is 23.4 Å². The maximum atomic E-state index is 12.9. The highest BCUT2D eigenvalue weighted by Crippen LogP contribution is 2.25. The first-order valence-corrected chi connectivity index (χ1v) is 4.45. The minimum Gasteiger partial charge on any atom is -0.503 e. The Morgan fingerprint density at radius 1 is 1.31 bits per heavy atom. The van der Waals surface area contributed by atoms with E-state index in [4.69, 9.17) is 5.11 Å². The molecule has 1 N–H and O–H groups in total. The quantitative estimate of drug-likeness (QED) is 0.480. The van der Waals surface area contributed by atoms with Gasteiger partial charge in [0.15, 0.2) is 17.4 Å². The summed E-state index contributed by atoms with van der Waals surface area (Å²) in [5, 5.41) is 8.81. The number of phenolic OH excluding ortho intramolecular Hbond substituents is 1. The van der Waals surface area contributed by atoms with Crippen molar-refractivity contribution in [3.63, 3.8) is 0 Å². The van der Waals surface area contributed by atoms with Gasteiger partial charge in [0.1, 0.15) is 5.75 Å². The van der Waals surface area contributed by atoms with Gasteiger partial charge in [-0.2, -0.15) is 0 Å². The lowest BCUT2D eigenvalue weighted by Crippen LogP contribution is -2.05. The van der Waals surface area contributed by atoms with Crippen molar-refractivity contribution in [1.29, 1.82) is 0 Å². The molecule has 0 aromatic heterocycles. The lowest BCUT2D eigenvalue weighted by Gasteiger charge is -2.03. The van der Waals surface area contributed by atoms with Gasteiger partial charge >= 0.3 is 5.97 Å². The summed E-state index contributed by atoms with van der Waals surface area (Å²) in [7, 11) is 0. The van der Waals surface area contributed by atoms with Crippen LogP contribution in [0.3, 0.4) is 0 Å². The van der Waals surface area contributed by atoms with Gasteiger partial charge in [-0.25, -0.2) is 13.6 Å². The Balaban J connectivity index is 2.91. The van der Waals surface area contributed by atoms with Gasteiger partial charge in [-0.05, 0) is 13.8 Å². The van der Waals surface area contributed by atoms with Crippen LogP contribution in [0.1, 0.15) is 13.8 Å². The van der Waals surface area contributed by atoms with E-state index in [0.29, 0.717) is 5.57 Å². The van der Waals surface area contributed by atoms with Crippen molar-refractivity contribution < 1.29 is 23.4 Å². The second-order valence-corrected chi connectivity index (χ2v) is 3.38. The molecule has 5 heteroatoms. The molecule has 0 aliphatic rings. The first kappa shape index (κ1) is 12.2. The number of rotatable bonds is 2. The van der Waals surface area contributed by atoms with Crippen molar-refractivity contribution in [1.82, 2.24) is 0 Å². The maximum absolute atomic E-state index is 12.9. The van der Waals surface area contributed by atoms with E-state index >= 15 is 0 Å². The Bertz CT molecular complexity index is 426. The molecule has 0 fully saturated rings. The fraction of sp³-hybridized carbons (Fsp3) is 0.182. The van der Waals surface area contributed by atoms with E-state index in [1.807, 2.05) is 0 Å². The van der Waals surface area contributed by atoms with Gasteiger partial charge in [0.2, 0.25) is 0 Å². The second kappa shape index (κ2) is 4.74. The van der Waals surface area contributed by atoms with E-state index in [1.165, 1.54) is 6.08 Å². The first-order chi connectivity index (χ1) is 7.40. The van der Waals surface area contributed by atoms with Crippen molar-refractivity contribution in [2.75, 3.05) is 0 Å². The summed E-state index contributed by atoms with van der Waals surface area (Å²) in [5.74, 6) is -4.48. The second-order valence-electron chi connectivity index (χ2n) is 3.38. The highest BCUT2D eigenvalue weighted by atomic mass is 19.1. The number of carbonyl (C=O) groups is 1. The predicted octanol–water partition coefficient (Wildman–Crippen LogP) is 2.54. The van der Waals surface area contributed by atoms with E-state index in [9.17, 15) is 13.6 Å². The first-order valence-electron chi connectivity index (χ1n) is 4.45. The van der Waals surface area contributed by atoms with Crippen LogP contribution in [0.5, 0.6) is 11.5 Å². The molecule has 0 aliphatic heterocycles. The fourth-order valence-corrected chi connectivity index (χ4v) is 0.983. The van der Waals surface area contributed by atoms with Crippen molar-refractivity contribution in [3.05, 3.63) is 35.4 Å². The number of carbonyl (C=O) groups excluding carboxylic acids is 1. The van der Waals surface area contributed by atoms with E-state index in [2.05, 4.69) is 4.74 Å². The van der Waals surface area contributed by atoms with Gasteiger partial charge in [-0.15, -0.1) is 0 Å². The zero-order chi connectivity index (χ0) is 12.3. The predicted molar refractivity (Wildman–Crippen MR) is 53.1 cm³/mol. The van der Waals surface area contributed by atoms with Crippen molar-refractivity contribution in [3.8, 4) is 11.5 Å². The molecular formula is C11H10F2O3. The number of allylic oxidation sites excluding steroid dienone is 1. The third-order valence-corrected chi connectivity index (χ3v) is 1.62. The Kier molecular flexibility index (Phi) is 3.60. The van der Waals surface area contributed by atoms with Crippen molar-refractivity contribution in [2.45, 2.75) is 13.8 Å². The van der Waals surface area contributed by atoms with Crippen molar-refractivity contribution in [2.24, 2.45) is 0 Å². The van der Waals surface area contributed by atoms with Gasteiger partial charge in [0, 0.05) is 18.2 Å². The molecule has 0 saturated heterocycles. The molecule has 0 amide bonds. The number of hydrogen-bond acceptors (Lipinski definition) is 3. The topological polar surface area (TPSA) is 46.5 Å². The normalized spacial score (nSPS) is 9.75. The highest BCUT2D eigenvalue weighted by Gasteiger charge is 2.11. The third kappa shape index (κ3) is 3.05. The molecule has 0 saturated carbocycles. The minimum absolute atomic E-state index is 0.296. The summed E-state index contributed by atoms with van der Waals surface area (Å²) in [6.07, 6.45) is 1.18. The number of benzene rings is 1. The minimum atomic E-state index is -1.18. The van der Waals surface area contributed by atoms with Crippen LogP contribution in [0.2, 0.25) is 0 Å². The molecule has 3 nitrogen and oxygen atoms in total. The van der Waals surface area contributed by atoms with Crippen LogP contribution in [0.15, 0.2) is 23.8 Å². The molecule has 0 radical (unpaired) electrons.